The largest absolute Gasteiger partial charge is 0.505 e. The van der Waals surface area contributed by atoms with Crippen LogP contribution in [0.5, 0.6) is 11.6 Å². The summed E-state index contributed by atoms with van der Waals surface area (Å²) in [4.78, 5) is 4.13. The van der Waals surface area contributed by atoms with E-state index in [0.717, 1.165) is 22.7 Å². The number of fused-ring (bicyclic) bond motifs is 2. The second kappa shape index (κ2) is 6.84. The number of phenols is 1. The molecule has 0 aliphatic heterocycles. The quantitative estimate of drug-likeness (QED) is 0.515. The fourth-order valence-corrected chi connectivity index (χ4v) is 4.00. The van der Waals surface area contributed by atoms with Crippen molar-refractivity contribution >= 4 is 37.4 Å². The highest BCUT2D eigenvalue weighted by atomic mass is 32.2. The van der Waals surface area contributed by atoms with Gasteiger partial charge in [0.15, 0.2) is 17.4 Å². The molecule has 2 heterocycles. The monoisotopic (exact) mass is 433 g/mol. The first-order chi connectivity index (χ1) is 14.1. The molecular weight excluding hydrogens is 416 g/mol. The molecule has 0 spiro atoms. The first-order valence-corrected chi connectivity index (χ1v) is 10.6. The maximum Gasteiger partial charge on any atom is 0.232 e. The molecule has 0 atom stereocenters. The van der Waals surface area contributed by atoms with E-state index in [4.69, 9.17) is 0 Å². The van der Waals surface area contributed by atoms with Gasteiger partial charge in [0.05, 0.1) is 23.9 Å². The molecule has 10 heteroatoms. The van der Waals surface area contributed by atoms with E-state index in [9.17, 15) is 27.4 Å². The molecule has 30 heavy (non-hydrogen) atoms. The van der Waals surface area contributed by atoms with Gasteiger partial charge in [0.2, 0.25) is 15.9 Å². The number of benzene rings is 2. The van der Waals surface area contributed by atoms with Gasteiger partial charge in [0, 0.05) is 30.2 Å². The van der Waals surface area contributed by atoms with Crippen molar-refractivity contribution in [3.05, 3.63) is 59.9 Å². The van der Waals surface area contributed by atoms with E-state index in [1.807, 2.05) is 0 Å². The number of halogens is 2. The highest BCUT2D eigenvalue weighted by Gasteiger charge is 2.26. The fraction of sp³-hybridized carbons (Fsp3) is 0.150. The zero-order valence-electron chi connectivity index (χ0n) is 16.0. The molecule has 0 aliphatic carbocycles. The molecule has 0 amide bonds. The van der Waals surface area contributed by atoms with Crippen LogP contribution < -0.4 is 4.31 Å². The third-order valence-electron chi connectivity index (χ3n) is 4.98. The molecule has 0 fully saturated rings. The van der Waals surface area contributed by atoms with Crippen LogP contribution >= 0.6 is 0 Å². The number of sulfonamides is 1. The predicted molar refractivity (Wildman–Crippen MR) is 109 cm³/mol. The summed E-state index contributed by atoms with van der Waals surface area (Å²) in [5, 5.41) is 22.2. The van der Waals surface area contributed by atoms with Crippen molar-refractivity contribution in [3.8, 4) is 11.6 Å². The van der Waals surface area contributed by atoms with Gasteiger partial charge >= 0.3 is 0 Å². The zero-order valence-corrected chi connectivity index (χ0v) is 16.8. The van der Waals surface area contributed by atoms with Crippen LogP contribution in [0.4, 0.5) is 14.5 Å². The van der Waals surface area contributed by atoms with Crippen LogP contribution in [0.2, 0.25) is 0 Å². The minimum atomic E-state index is -3.68. The Morgan fingerprint density at radius 3 is 2.53 bits per heavy atom. The van der Waals surface area contributed by atoms with Crippen LogP contribution in [-0.2, 0) is 16.6 Å². The zero-order chi connectivity index (χ0) is 21.8. The summed E-state index contributed by atoms with van der Waals surface area (Å²) in [6.45, 7) is -0.0387. The van der Waals surface area contributed by atoms with Gasteiger partial charge < -0.3 is 14.8 Å². The van der Waals surface area contributed by atoms with E-state index in [-0.39, 0.29) is 40.2 Å². The average Bonchev–Trinajstić information content (AvgIpc) is 3.00. The highest BCUT2D eigenvalue weighted by molar-refractivity contribution is 7.92. The van der Waals surface area contributed by atoms with Crippen molar-refractivity contribution < 1.29 is 27.4 Å². The molecular formula is C20H17F2N3O4S. The molecule has 0 aliphatic rings. The van der Waals surface area contributed by atoms with E-state index in [1.165, 1.54) is 30.1 Å². The molecule has 2 aromatic carbocycles. The summed E-state index contributed by atoms with van der Waals surface area (Å²) in [5.41, 5.74) is 0.716. The normalized spacial score (nSPS) is 12.0. The second-order valence-electron chi connectivity index (χ2n) is 6.95. The summed E-state index contributed by atoms with van der Waals surface area (Å²) in [6, 6.07) is 6.56. The molecule has 7 nitrogen and oxygen atoms in total. The molecule has 0 bridgehead atoms. The van der Waals surface area contributed by atoms with Crippen molar-refractivity contribution in [2.45, 2.75) is 6.54 Å². The minimum Gasteiger partial charge on any atom is -0.505 e. The van der Waals surface area contributed by atoms with Crippen molar-refractivity contribution in [1.82, 2.24) is 9.55 Å². The van der Waals surface area contributed by atoms with Crippen molar-refractivity contribution in [3.63, 3.8) is 0 Å². The lowest BCUT2D eigenvalue weighted by Gasteiger charge is -2.20. The average molecular weight is 433 g/mol. The molecule has 2 aromatic heterocycles. The molecule has 4 rings (SSSR count). The number of hydrogen-bond donors (Lipinski definition) is 2. The third kappa shape index (κ3) is 3.09. The summed E-state index contributed by atoms with van der Waals surface area (Å²) >= 11 is 0. The third-order valence-corrected chi connectivity index (χ3v) is 6.16. The van der Waals surface area contributed by atoms with Crippen molar-refractivity contribution in [2.75, 3.05) is 17.6 Å². The van der Waals surface area contributed by atoms with E-state index in [0.29, 0.717) is 10.9 Å². The Morgan fingerprint density at radius 2 is 1.87 bits per heavy atom. The minimum absolute atomic E-state index is 0.00860. The second-order valence-corrected chi connectivity index (χ2v) is 8.96. The predicted octanol–water partition coefficient (Wildman–Crippen LogP) is 3.32. The lowest BCUT2D eigenvalue weighted by Crippen LogP contribution is -2.25. The lowest BCUT2D eigenvalue weighted by molar-refractivity contribution is 0.425. The first-order valence-electron chi connectivity index (χ1n) is 8.79. The van der Waals surface area contributed by atoms with Crippen molar-refractivity contribution in [1.29, 1.82) is 0 Å². The summed E-state index contributed by atoms with van der Waals surface area (Å²) in [6.07, 6.45) is 3.93. The Labute approximate surface area is 170 Å². The summed E-state index contributed by atoms with van der Waals surface area (Å²) < 4.78 is 53.7. The molecule has 156 valence electrons. The number of pyridine rings is 1. The number of nitrogens with zero attached hydrogens (tertiary/aromatic N) is 3. The van der Waals surface area contributed by atoms with Gasteiger partial charge in [-0.2, -0.15) is 0 Å². The Balaban J connectivity index is 2.02. The van der Waals surface area contributed by atoms with Gasteiger partial charge in [0.1, 0.15) is 5.52 Å². The molecule has 0 saturated heterocycles. The molecule has 0 radical (unpaired) electrons. The lowest BCUT2D eigenvalue weighted by atomic mass is 10.1. The van der Waals surface area contributed by atoms with E-state index >= 15 is 0 Å². The number of hydrogen-bond acceptors (Lipinski definition) is 5. The van der Waals surface area contributed by atoms with Gasteiger partial charge in [-0.1, -0.05) is 6.07 Å². The van der Waals surface area contributed by atoms with Crippen LogP contribution in [-0.4, -0.2) is 41.5 Å². The number of aromatic hydroxyl groups is 2. The van der Waals surface area contributed by atoms with Crippen molar-refractivity contribution in [2.24, 2.45) is 0 Å². The number of anilines is 1. The van der Waals surface area contributed by atoms with Crippen LogP contribution in [0.1, 0.15) is 5.56 Å². The van der Waals surface area contributed by atoms with E-state index in [1.54, 1.807) is 12.1 Å². The van der Waals surface area contributed by atoms with E-state index < -0.39 is 21.7 Å². The van der Waals surface area contributed by atoms with E-state index in [2.05, 4.69) is 4.98 Å². The molecule has 2 N–H and O–H groups in total. The topological polar surface area (TPSA) is 95.7 Å². The first kappa shape index (κ1) is 19.9. The van der Waals surface area contributed by atoms with Crippen LogP contribution in [0.25, 0.3) is 21.7 Å². The van der Waals surface area contributed by atoms with Gasteiger partial charge in [-0.3, -0.25) is 9.29 Å². The number of aromatic nitrogens is 2. The van der Waals surface area contributed by atoms with Gasteiger partial charge in [-0.05, 0) is 29.8 Å². The van der Waals surface area contributed by atoms with Crippen LogP contribution in [0.15, 0.2) is 42.7 Å². The Kier molecular flexibility index (Phi) is 4.53. The van der Waals surface area contributed by atoms with Gasteiger partial charge in [-0.15, -0.1) is 0 Å². The molecule has 4 aromatic rings. The summed E-state index contributed by atoms with van der Waals surface area (Å²) in [5.74, 6) is -2.69. The van der Waals surface area contributed by atoms with Gasteiger partial charge in [-0.25, -0.2) is 17.2 Å². The summed E-state index contributed by atoms with van der Waals surface area (Å²) in [7, 11) is -2.32. The fourth-order valence-electron chi connectivity index (χ4n) is 3.47. The Bertz CT molecular complexity index is 1420. The Morgan fingerprint density at radius 1 is 1.13 bits per heavy atom. The number of phenolic OH excluding ortho intramolecular Hbond substituents is 1. The number of rotatable bonds is 4. The molecule has 0 saturated carbocycles. The van der Waals surface area contributed by atoms with Crippen LogP contribution in [0.3, 0.4) is 0 Å². The standard InChI is InChI=1S/C20H17F2N3O4S/c1-24(30(2,28)29)18-12-4-3-7-23-17(12)19(26)16-13(18)10-25(20(16)27)9-11-5-6-14(21)15(22)8-11/h3-8,10,26-27H,9H2,1-2H3. The maximum atomic E-state index is 13.6. The highest BCUT2D eigenvalue weighted by Crippen LogP contribution is 2.46. The SMILES string of the molecule is CN(c1c2cccnc2c(O)c2c(O)n(Cc3ccc(F)c(F)c3)cc12)S(C)(=O)=O. The molecule has 0 unspecified atom stereocenters. The Hall–Kier alpha value is -3.40. The van der Waals surface area contributed by atoms with Gasteiger partial charge in [0.25, 0.3) is 0 Å². The smallest absolute Gasteiger partial charge is 0.232 e. The maximum absolute atomic E-state index is 13.6. The van der Waals surface area contributed by atoms with Crippen LogP contribution in [0, 0.1) is 11.6 Å².